The smallest absolute Gasteiger partial charge is 0.141 e. The van der Waals surface area contributed by atoms with E-state index in [-0.39, 0.29) is 6.04 Å². The summed E-state index contributed by atoms with van der Waals surface area (Å²) in [5.74, 6) is 1.43. The minimum absolute atomic E-state index is 0.115. The van der Waals surface area contributed by atoms with Crippen molar-refractivity contribution in [3.63, 3.8) is 0 Å². The molecule has 0 bridgehead atoms. The number of benzene rings is 1. The first kappa shape index (κ1) is 13.8. The van der Waals surface area contributed by atoms with Crippen LogP contribution >= 0.6 is 15.9 Å². The van der Waals surface area contributed by atoms with Gasteiger partial charge in [0.2, 0.25) is 0 Å². The molecule has 1 aromatic heterocycles. The summed E-state index contributed by atoms with van der Waals surface area (Å²) in [4.78, 5) is 0. The van der Waals surface area contributed by atoms with Crippen LogP contribution in [-0.2, 0) is 0 Å². The Morgan fingerprint density at radius 1 is 1.32 bits per heavy atom. The first-order valence-corrected chi connectivity index (χ1v) is 6.45. The molecule has 1 heterocycles. The average Bonchev–Trinajstić information content (AvgIpc) is 2.94. The highest BCUT2D eigenvalue weighted by molar-refractivity contribution is 9.10. The molecule has 102 valence electrons. The minimum atomic E-state index is -0.115. The molecule has 0 fully saturated rings. The number of halogens is 1. The van der Waals surface area contributed by atoms with E-state index in [0.717, 1.165) is 21.5 Å². The monoisotopic (exact) mass is 326 g/mol. The largest absolute Gasteiger partial charge is 0.495 e. The number of hydrogen-bond acceptors (Lipinski definition) is 5. The van der Waals surface area contributed by atoms with E-state index in [9.17, 15) is 0 Å². The number of aromatic amines is 1. The number of methoxy groups -OCH3 is 2. The quantitative estimate of drug-likeness (QED) is 0.877. The molecule has 0 aliphatic rings. The van der Waals surface area contributed by atoms with E-state index in [1.165, 1.54) is 0 Å². The Kier molecular flexibility index (Phi) is 4.39. The van der Waals surface area contributed by atoms with E-state index >= 15 is 0 Å². The number of ether oxygens (including phenoxy) is 2. The van der Waals surface area contributed by atoms with Crippen LogP contribution in [0.5, 0.6) is 11.5 Å². The molecule has 1 unspecified atom stereocenters. The number of aromatic nitrogens is 3. The number of rotatable bonds is 5. The lowest BCUT2D eigenvalue weighted by Gasteiger charge is -2.19. The van der Waals surface area contributed by atoms with Gasteiger partial charge in [-0.3, -0.25) is 0 Å². The summed E-state index contributed by atoms with van der Waals surface area (Å²) in [6.07, 6.45) is 1.68. The second-order valence-electron chi connectivity index (χ2n) is 3.82. The van der Waals surface area contributed by atoms with Crippen molar-refractivity contribution in [2.24, 2.45) is 0 Å². The fourth-order valence-electron chi connectivity index (χ4n) is 1.96. The molecule has 0 amide bonds. The van der Waals surface area contributed by atoms with Crippen LogP contribution in [-0.4, -0.2) is 36.7 Å². The Labute approximate surface area is 119 Å². The Morgan fingerprint density at radius 3 is 2.63 bits per heavy atom. The predicted molar refractivity (Wildman–Crippen MR) is 74.5 cm³/mol. The van der Waals surface area contributed by atoms with E-state index in [2.05, 4.69) is 36.7 Å². The summed E-state index contributed by atoms with van der Waals surface area (Å²) >= 11 is 3.49. The van der Waals surface area contributed by atoms with Gasteiger partial charge >= 0.3 is 0 Å². The lowest BCUT2D eigenvalue weighted by Crippen LogP contribution is -2.19. The molecule has 2 N–H and O–H groups in total. The molecule has 2 aromatic rings. The summed E-state index contributed by atoms with van der Waals surface area (Å²) in [6.45, 7) is 0. The van der Waals surface area contributed by atoms with Crippen LogP contribution in [0.25, 0.3) is 0 Å². The van der Waals surface area contributed by atoms with Crippen molar-refractivity contribution in [1.29, 1.82) is 0 Å². The molecule has 7 heteroatoms. The molecule has 1 aromatic carbocycles. The summed E-state index contributed by atoms with van der Waals surface area (Å²) in [5, 5.41) is 13.8. The third-order valence-corrected chi connectivity index (χ3v) is 3.60. The van der Waals surface area contributed by atoms with Gasteiger partial charge in [-0.15, -0.1) is 0 Å². The molecule has 0 saturated heterocycles. The fourth-order valence-corrected chi connectivity index (χ4v) is 2.64. The summed E-state index contributed by atoms with van der Waals surface area (Å²) < 4.78 is 11.5. The zero-order valence-electron chi connectivity index (χ0n) is 10.9. The lowest BCUT2D eigenvalue weighted by molar-refractivity contribution is 0.383. The zero-order valence-corrected chi connectivity index (χ0v) is 12.5. The molecule has 0 aliphatic heterocycles. The van der Waals surface area contributed by atoms with Gasteiger partial charge in [-0.2, -0.15) is 15.4 Å². The van der Waals surface area contributed by atoms with Crippen molar-refractivity contribution in [2.75, 3.05) is 21.3 Å². The number of nitrogens with zero attached hydrogens (tertiary/aromatic N) is 2. The van der Waals surface area contributed by atoms with Crippen LogP contribution in [0.1, 0.15) is 17.3 Å². The number of hydrogen-bond donors (Lipinski definition) is 2. The molecular formula is C12H15BrN4O2. The van der Waals surface area contributed by atoms with E-state index in [0.29, 0.717) is 5.75 Å². The number of H-pyrrole nitrogens is 1. The predicted octanol–water partition coefficient (Wildman–Crippen LogP) is 1.89. The molecular weight excluding hydrogens is 312 g/mol. The van der Waals surface area contributed by atoms with E-state index in [1.807, 2.05) is 19.2 Å². The van der Waals surface area contributed by atoms with E-state index < -0.39 is 0 Å². The van der Waals surface area contributed by atoms with Crippen molar-refractivity contribution in [3.8, 4) is 11.5 Å². The van der Waals surface area contributed by atoms with Crippen LogP contribution in [0.4, 0.5) is 0 Å². The van der Waals surface area contributed by atoms with Gasteiger partial charge < -0.3 is 14.8 Å². The molecule has 19 heavy (non-hydrogen) atoms. The maximum Gasteiger partial charge on any atom is 0.141 e. The first-order chi connectivity index (χ1) is 9.22. The van der Waals surface area contributed by atoms with Gasteiger partial charge in [-0.1, -0.05) is 0 Å². The Hall–Kier alpha value is -1.60. The normalized spacial score (nSPS) is 12.2. The van der Waals surface area contributed by atoms with Crippen molar-refractivity contribution in [2.45, 2.75) is 6.04 Å². The van der Waals surface area contributed by atoms with Crippen molar-refractivity contribution >= 4 is 15.9 Å². The molecule has 0 spiro atoms. The Morgan fingerprint density at radius 2 is 2.11 bits per heavy atom. The third-order valence-electron chi connectivity index (χ3n) is 2.85. The molecule has 0 radical (unpaired) electrons. The van der Waals surface area contributed by atoms with E-state index in [1.54, 1.807) is 20.4 Å². The molecule has 0 saturated carbocycles. The molecule has 2 rings (SSSR count). The lowest BCUT2D eigenvalue weighted by atomic mass is 10.0. The van der Waals surface area contributed by atoms with Gasteiger partial charge in [-0.25, -0.2) is 0 Å². The first-order valence-electron chi connectivity index (χ1n) is 5.66. The van der Waals surface area contributed by atoms with Gasteiger partial charge in [0.1, 0.15) is 21.7 Å². The van der Waals surface area contributed by atoms with Crippen LogP contribution in [0.2, 0.25) is 0 Å². The molecule has 0 aliphatic carbocycles. The molecule has 1 atom stereocenters. The van der Waals surface area contributed by atoms with Gasteiger partial charge in [0.05, 0.1) is 26.5 Å². The second-order valence-corrected chi connectivity index (χ2v) is 4.61. The van der Waals surface area contributed by atoms with Crippen molar-refractivity contribution in [3.05, 3.63) is 34.1 Å². The van der Waals surface area contributed by atoms with Crippen LogP contribution in [0.3, 0.4) is 0 Å². The van der Waals surface area contributed by atoms with Gasteiger partial charge in [0.25, 0.3) is 0 Å². The summed E-state index contributed by atoms with van der Waals surface area (Å²) in [5.41, 5.74) is 1.74. The Bertz CT molecular complexity index is 545. The Balaban J connectivity index is 2.52. The average molecular weight is 327 g/mol. The van der Waals surface area contributed by atoms with Crippen LogP contribution in [0, 0.1) is 0 Å². The van der Waals surface area contributed by atoms with Crippen LogP contribution < -0.4 is 14.8 Å². The van der Waals surface area contributed by atoms with E-state index in [4.69, 9.17) is 9.47 Å². The molecule has 6 nitrogen and oxygen atoms in total. The highest BCUT2D eigenvalue weighted by atomic mass is 79.9. The maximum absolute atomic E-state index is 5.47. The summed E-state index contributed by atoms with van der Waals surface area (Å²) in [7, 11) is 5.10. The number of nitrogens with one attached hydrogen (secondary N) is 2. The van der Waals surface area contributed by atoms with Crippen molar-refractivity contribution in [1.82, 2.24) is 20.7 Å². The fraction of sp³-hybridized carbons (Fsp3) is 0.333. The highest BCUT2D eigenvalue weighted by Crippen LogP contribution is 2.40. The van der Waals surface area contributed by atoms with Crippen molar-refractivity contribution < 1.29 is 9.47 Å². The van der Waals surface area contributed by atoms with Gasteiger partial charge in [0, 0.05) is 5.56 Å². The second kappa shape index (κ2) is 6.03. The maximum atomic E-state index is 5.47. The summed E-state index contributed by atoms with van der Waals surface area (Å²) in [6, 6.07) is 3.71. The topological polar surface area (TPSA) is 72.1 Å². The third kappa shape index (κ3) is 2.57. The highest BCUT2D eigenvalue weighted by Gasteiger charge is 2.22. The van der Waals surface area contributed by atoms with Gasteiger partial charge in [0.15, 0.2) is 0 Å². The van der Waals surface area contributed by atoms with Crippen LogP contribution in [0.15, 0.2) is 22.8 Å². The van der Waals surface area contributed by atoms with Gasteiger partial charge in [-0.05, 0) is 35.1 Å². The minimum Gasteiger partial charge on any atom is -0.495 e. The zero-order chi connectivity index (χ0) is 13.8. The standard InChI is InChI=1S/C12H15BrN4O2/c1-14-11(8-6-15-17-16-8)7-4-5-9(18-2)10(13)12(7)19-3/h4-6,11,14H,1-3H3,(H,15,16,17). The SMILES string of the molecule is CNC(c1cn[nH]n1)c1ccc(OC)c(Br)c1OC.